The summed E-state index contributed by atoms with van der Waals surface area (Å²) in [5.74, 6) is 0.578. The fraction of sp³-hybridized carbons (Fsp3) is 0.684. The van der Waals surface area contributed by atoms with E-state index in [0.717, 1.165) is 13.2 Å². The summed E-state index contributed by atoms with van der Waals surface area (Å²) >= 11 is 0. The van der Waals surface area contributed by atoms with Crippen LogP contribution < -0.4 is 5.32 Å². The van der Waals surface area contributed by atoms with Gasteiger partial charge in [-0.3, -0.25) is 0 Å². The van der Waals surface area contributed by atoms with E-state index in [9.17, 15) is 0 Å². The highest BCUT2D eigenvalue weighted by Crippen LogP contribution is 2.26. The molecule has 1 N–H and O–H groups in total. The molecule has 2 rings (SSSR count). The first-order chi connectivity index (χ1) is 9.94. The van der Waals surface area contributed by atoms with Gasteiger partial charge in [0.05, 0.1) is 6.10 Å². The van der Waals surface area contributed by atoms with Gasteiger partial charge in [-0.05, 0) is 64.9 Å². The third-order valence-corrected chi connectivity index (χ3v) is 4.29. The minimum absolute atomic E-state index is 0.173. The van der Waals surface area contributed by atoms with E-state index in [4.69, 9.17) is 4.74 Å². The van der Waals surface area contributed by atoms with Crippen molar-refractivity contribution >= 4 is 0 Å². The molecule has 0 spiro atoms. The molecule has 2 heteroatoms. The number of rotatable bonds is 6. The Morgan fingerprint density at radius 3 is 2.52 bits per heavy atom. The Hall–Kier alpha value is -0.860. The summed E-state index contributed by atoms with van der Waals surface area (Å²) in [6.07, 6.45) is 5.36. The molecule has 1 saturated heterocycles. The van der Waals surface area contributed by atoms with Crippen molar-refractivity contribution in [3.05, 3.63) is 35.4 Å². The Kier molecular flexibility index (Phi) is 5.83. The maximum Gasteiger partial charge on any atom is 0.0576 e. The first kappa shape index (κ1) is 16.5. The van der Waals surface area contributed by atoms with Gasteiger partial charge in [0.25, 0.3) is 0 Å². The normalized spacial score (nSPS) is 20.7. The Bertz CT molecular complexity index is 412. The van der Waals surface area contributed by atoms with Crippen molar-refractivity contribution in [2.75, 3.05) is 13.2 Å². The third-order valence-electron chi connectivity index (χ3n) is 4.29. The fourth-order valence-corrected chi connectivity index (χ4v) is 2.91. The highest BCUT2D eigenvalue weighted by Gasteiger charge is 2.20. The quantitative estimate of drug-likeness (QED) is 0.836. The van der Waals surface area contributed by atoms with Crippen molar-refractivity contribution in [2.24, 2.45) is 0 Å². The summed E-state index contributed by atoms with van der Waals surface area (Å²) in [4.78, 5) is 0. The summed E-state index contributed by atoms with van der Waals surface area (Å²) in [7, 11) is 0. The second-order valence-electron chi connectivity index (χ2n) is 7.45. The van der Waals surface area contributed by atoms with Gasteiger partial charge in [-0.15, -0.1) is 0 Å². The van der Waals surface area contributed by atoms with Crippen molar-refractivity contribution < 1.29 is 4.74 Å². The van der Waals surface area contributed by atoms with E-state index in [0.29, 0.717) is 12.0 Å². The molecule has 0 aliphatic carbocycles. The molecule has 1 heterocycles. The van der Waals surface area contributed by atoms with Gasteiger partial charge in [-0.25, -0.2) is 0 Å². The van der Waals surface area contributed by atoms with Crippen LogP contribution in [-0.2, 0) is 4.74 Å². The van der Waals surface area contributed by atoms with Crippen molar-refractivity contribution in [3.63, 3.8) is 0 Å². The van der Waals surface area contributed by atoms with Crippen LogP contribution in [-0.4, -0.2) is 24.8 Å². The van der Waals surface area contributed by atoms with Gasteiger partial charge in [-0.1, -0.05) is 29.8 Å². The lowest BCUT2D eigenvalue weighted by molar-refractivity contribution is 0.100. The van der Waals surface area contributed by atoms with Gasteiger partial charge in [0.1, 0.15) is 0 Å². The Morgan fingerprint density at radius 2 is 1.95 bits per heavy atom. The zero-order valence-corrected chi connectivity index (χ0v) is 14.1. The zero-order chi connectivity index (χ0) is 15.3. The molecule has 1 aromatic carbocycles. The van der Waals surface area contributed by atoms with E-state index >= 15 is 0 Å². The standard InChI is InChI=1S/C19H31NO/c1-15-7-9-16(10-8-15)17(14-20-19(2,3)4)11-12-18-6-5-13-21-18/h7-10,17-18,20H,5-6,11-14H2,1-4H3. The average molecular weight is 289 g/mol. The first-order valence-electron chi connectivity index (χ1n) is 8.37. The lowest BCUT2D eigenvalue weighted by Crippen LogP contribution is -2.38. The van der Waals surface area contributed by atoms with Crippen molar-refractivity contribution in [2.45, 2.75) is 70.9 Å². The molecule has 0 aromatic heterocycles. The van der Waals surface area contributed by atoms with E-state index in [1.165, 1.54) is 36.8 Å². The van der Waals surface area contributed by atoms with E-state index in [1.807, 2.05) is 0 Å². The van der Waals surface area contributed by atoms with Crippen LogP contribution in [0.15, 0.2) is 24.3 Å². The van der Waals surface area contributed by atoms with Gasteiger partial charge < -0.3 is 10.1 Å². The van der Waals surface area contributed by atoms with Gasteiger partial charge in [0, 0.05) is 18.7 Å². The van der Waals surface area contributed by atoms with Gasteiger partial charge in [0.15, 0.2) is 0 Å². The Morgan fingerprint density at radius 1 is 1.24 bits per heavy atom. The number of nitrogens with one attached hydrogen (secondary N) is 1. The summed E-state index contributed by atoms with van der Waals surface area (Å²) < 4.78 is 5.78. The molecule has 2 unspecified atom stereocenters. The maximum absolute atomic E-state index is 5.78. The van der Waals surface area contributed by atoms with Crippen molar-refractivity contribution in [1.82, 2.24) is 5.32 Å². The Balaban J connectivity index is 1.96. The first-order valence-corrected chi connectivity index (χ1v) is 8.37. The topological polar surface area (TPSA) is 21.3 Å². The van der Waals surface area contributed by atoms with Crippen LogP contribution in [0, 0.1) is 6.92 Å². The van der Waals surface area contributed by atoms with Crippen LogP contribution >= 0.6 is 0 Å². The number of hydrogen-bond donors (Lipinski definition) is 1. The molecule has 1 fully saturated rings. The van der Waals surface area contributed by atoms with Crippen LogP contribution in [0.25, 0.3) is 0 Å². The number of aryl methyl sites for hydroxylation is 1. The van der Waals surface area contributed by atoms with Gasteiger partial charge in [0.2, 0.25) is 0 Å². The van der Waals surface area contributed by atoms with Crippen LogP contribution in [0.1, 0.15) is 63.5 Å². The molecule has 1 aliphatic rings. The highest BCUT2D eigenvalue weighted by atomic mass is 16.5. The summed E-state index contributed by atoms with van der Waals surface area (Å²) in [6, 6.07) is 9.04. The molecule has 21 heavy (non-hydrogen) atoms. The average Bonchev–Trinajstić information content (AvgIpc) is 2.92. The monoisotopic (exact) mass is 289 g/mol. The highest BCUT2D eigenvalue weighted by molar-refractivity contribution is 5.25. The molecule has 0 amide bonds. The van der Waals surface area contributed by atoms with E-state index in [1.54, 1.807) is 0 Å². The predicted molar refractivity (Wildman–Crippen MR) is 89.9 cm³/mol. The summed E-state index contributed by atoms with van der Waals surface area (Å²) in [6.45, 7) is 10.9. The molecular formula is C19H31NO. The molecule has 0 saturated carbocycles. The number of benzene rings is 1. The molecule has 0 bridgehead atoms. The summed E-state index contributed by atoms with van der Waals surface area (Å²) in [5.41, 5.74) is 2.96. The molecule has 1 aliphatic heterocycles. The van der Waals surface area contributed by atoms with Crippen molar-refractivity contribution in [1.29, 1.82) is 0 Å². The lowest BCUT2D eigenvalue weighted by Gasteiger charge is -2.26. The molecule has 2 nitrogen and oxygen atoms in total. The largest absolute Gasteiger partial charge is 0.378 e. The van der Waals surface area contributed by atoms with E-state index in [-0.39, 0.29) is 5.54 Å². The minimum Gasteiger partial charge on any atom is -0.378 e. The molecular weight excluding hydrogens is 258 g/mol. The maximum atomic E-state index is 5.78. The second-order valence-corrected chi connectivity index (χ2v) is 7.45. The smallest absolute Gasteiger partial charge is 0.0576 e. The summed E-state index contributed by atoms with van der Waals surface area (Å²) in [5, 5.41) is 3.67. The van der Waals surface area contributed by atoms with E-state index in [2.05, 4.69) is 57.3 Å². The van der Waals surface area contributed by atoms with Crippen molar-refractivity contribution in [3.8, 4) is 0 Å². The molecule has 118 valence electrons. The van der Waals surface area contributed by atoms with Crippen LogP contribution in [0.5, 0.6) is 0 Å². The van der Waals surface area contributed by atoms with E-state index < -0.39 is 0 Å². The van der Waals surface area contributed by atoms with Crippen LogP contribution in [0.4, 0.5) is 0 Å². The molecule has 0 radical (unpaired) electrons. The number of ether oxygens (including phenoxy) is 1. The zero-order valence-electron chi connectivity index (χ0n) is 14.1. The van der Waals surface area contributed by atoms with Gasteiger partial charge in [-0.2, -0.15) is 0 Å². The SMILES string of the molecule is Cc1ccc(C(CCC2CCCO2)CNC(C)(C)C)cc1. The molecule has 1 aromatic rings. The predicted octanol–water partition coefficient (Wildman–Crippen LogP) is 4.43. The third kappa shape index (κ3) is 5.80. The second kappa shape index (κ2) is 7.42. The molecule has 2 atom stereocenters. The Labute approximate surface area is 130 Å². The van der Waals surface area contributed by atoms with Gasteiger partial charge >= 0.3 is 0 Å². The number of hydrogen-bond acceptors (Lipinski definition) is 2. The fourth-order valence-electron chi connectivity index (χ4n) is 2.91. The van der Waals surface area contributed by atoms with Crippen LogP contribution in [0.3, 0.4) is 0 Å². The minimum atomic E-state index is 0.173. The van der Waals surface area contributed by atoms with Crippen LogP contribution in [0.2, 0.25) is 0 Å². The lowest BCUT2D eigenvalue weighted by atomic mass is 9.91.